The number of hydrogen-bond donors (Lipinski definition) is 4. The van der Waals surface area contributed by atoms with E-state index < -0.39 is 0 Å². The van der Waals surface area contributed by atoms with Crippen molar-refractivity contribution in [2.24, 2.45) is 0 Å². The van der Waals surface area contributed by atoms with Gasteiger partial charge in [-0.25, -0.2) is 4.79 Å². The SMILES string of the molecule is Nc1cscc1NC(=O)c1ccc(CNC(=O)NCCc2ccccc2)cn1. The van der Waals surface area contributed by atoms with Gasteiger partial charge >= 0.3 is 6.03 Å². The van der Waals surface area contributed by atoms with Crippen molar-refractivity contribution < 1.29 is 9.59 Å². The van der Waals surface area contributed by atoms with Gasteiger partial charge in [0.2, 0.25) is 0 Å². The summed E-state index contributed by atoms with van der Waals surface area (Å²) >= 11 is 1.41. The average Bonchev–Trinajstić information content (AvgIpc) is 3.12. The van der Waals surface area contributed by atoms with Crippen LogP contribution in [0, 0.1) is 0 Å². The summed E-state index contributed by atoms with van der Waals surface area (Å²) in [4.78, 5) is 28.2. The Morgan fingerprint density at radius 1 is 1.00 bits per heavy atom. The second kappa shape index (κ2) is 9.52. The van der Waals surface area contributed by atoms with Crippen molar-refractivity contribution in [2.45, 2.75) is 13.0 Å². The van der Waals surface area contributed by atoms with Crippen molar-refractivity contribution in [2.75, 3.05) is 17.6 Å². The molecule has 5 N–H and O–H groups in total. The van der Waals surface area contributed by atoms with E-state index in [1.54, 1.807) is 29.1 Å². The van der Waals surface area contributed by atoms with Crippen LogP contribution in [0.25, 0.3) is 0 Å². The maximum atomic E-state index is 12.2. The molecule has 2 heterocycles. The van der Waals surface area contributed by atoms with Gasteiger partial charge in [-0.3, -0.25) is 9.78 Å². The summed E-state index contributed by atoms with van der Waals surface area (Å²) in [5.74, 6) is -0.330. The number of carbonyl (C=O) groups is 2. The highest BCUT2D eigenvalue weighted by atomic mass is 32.1. The van der Waals surface area contributed by atoms with Gasteiger partial charge < -0.3 is 21.7 Å². The summed E-state index contributed by atoms with van der Waals surface area (Å²) in [6.07, 6.45) is 2.34. The molecule has 0 aliphatic heterocycles. The molecular weight excluding hydrogens is 374 g/mol. The molecule has 0 unspecified atom stereocenters. The Labute approximate surface area is 167 Å². The van der Waals surface area contributed by atoms with Crippen LogP contribution in [-0.4, -0.2) is 23.5 Å². The third-order valence-corrected chi connectivity index (χ3v) is 4.75. The summed E-state index contributed by atoms with van der Waals surface area (Å²) in [5, 5.41) is 11.8. The zero-order valence-corrected chi connectivity index (χ0v) is 16.0. The number of nitrogens with zero attached hydrogens (tertiary/aromatic N) is 1. The quantitative estimate of drug-likeness (QED) is 0.493. The van der Waals surface area contributed by atoms with E-state index in [1.165, 1.54) is 16.9 Å². The molecule has 0 atom stereocenters. The Balaban J connectivity index is 1.42. The zero-order chi connectivity index (χ0) is 19.8. The lowest BCUT2D eigenvalue weighted by Crippen LogP contribution is -2.36. The number of aromatic nitrogens is 1. The van der Waals surface area contributed by atoms with Crippen LogP contribution in [0.4, 0.5) is 16.2 Å². The van der Waals surface area contributed by atoms with E-state index in [9.17, 15) is 9.59 Å². The molecule has 3 amide bonds. The predicted molar refractivity (Wildman–Crippen MR) is 111 cm³/mol. The lowest BCUT2D eigenvalue weighted by Gasteiger charge is -2.08. The van der Waals surface area contributed by atoms with Crippen LogP contribution in [0.3, 0.4) is 0 Å². The van der Waals surface area contributed by atoms with E-state index in [0.717, 1.165) is 12.0 Å². The van der Waals surface area contributed by atoms with Crippen molar-refractivity contribution >= 4 is 34.6 Å². The molecule has 1 aromatic carbocycles. The Morgan fingerprint density at radius 3 is 2.50 bits per heavy atom. The Bertz CT molecular complexity index is 925. The molecule has 0 fully saturated rings. The molecule has 7 nitrogen and oxygen atoms in total. The second-order valence-electron chi connectivity index (χ2n) is 6.09. The van der Waals surface area contributed by atoms with Crippen LogP contribution in [0.5, 0.6) is 0 Å². The third-order valence-electron chi connectivity index (χ3n) is 3.99. The van der Waals surface area contributed by atoms with Crippen molar-refractivity contribution in [1.29, 1.82) is 0 Å². The highest BCUT2D eigenvalue weighted by Crippen LogP contribution is 2.23. The molecule has 8 heteroatoms. The van der Waals surface area contributed by atoms with Gasteiger partial charge in [-0.15, -0.1) is 11.3 Å². The van der Waals surface area contributed by atoms with E-state index >= 15 is 0 Å². The fraction of sp³-hybridized carbons (Fsp3) is 0.150. The topological polar surface area (TPSA) is 109 Å². The van der Waals surface area contributed by atoms with Crippen molar-refractivity contribution in [3.8, 4) is 0 Å². The van der Waals surface area contributed by atoms with E-state index in [-0.39, 0.29) is 17.6 Å². The number of anilines is 2. The number of pyridine rings is 1. The standard InChI is InChI=1S/C20H21N5O2S/c21-16-12-28-13-18(16)25-19(26)17-7-6-15(10-23-17)11-24-20(27)22-9-8-14-4-2-1-3-5-14/h1-7,10,12-13H,8-9,11,21H2,(H,25,26)(H2,22,24,27). The Hall–Kier alpha value is -3.39. The molecule has 2 aromatic heterocycles. The number of rotatable bonds is 7. The summed E-state index contributed by atoms with van der Waals surface area (Å²) in [6.45, 7) is 0.877. The predicted octanol–water partition coefficient (Wildman–Crippen LogP) is 3.02. The van der Waals surface area contributed by atoms with Gasteiger partial charge in [0.05, 0.1) is 11.4 Å². The molecule has 144 valence electrons. The number of hydrogen-bond acceptors (Lipinski definition) is 5. The molecule has 0 radical (unpaired) electrons. The Kier molecular flexibility index (Phi) is 6.59. The molecule has 3 aromatic rings. The van der Waals surface area contributed by atoms with Crippen molar-refractivity contribution in [3.05, 3.63) is 76.2 Å². The molecule has 0 bridgehead atoms. The van der Waals surface area contributed by atoms with E-state index in [1.807, 2.05) is 30.3 Å². The molecule has 28 heavy (non-hydrogen) atoms. The van der Waals surface area contributed by atoms with Crippen LogP contribution in [0.2, 0.25) is 0 Å². The van der Waals surface area contributed by atoms with Gasteiger partial charge in [0, 0.05) is 30.0 Å². The van der Waals surface area contributed by atoms with Gasteiger partial charge in [-0.05, 0) is 23.6 Å². The number of nitrogen functional groups attached to an aromatic ring is 1. The fourth-order valence-electron chi connectivity index (χ4n) is 2.47. The van der Waals surface area contributed by atoms with Crippen LogP contribution in [-0.2, 0) is 13.0 Å². The summed E-state index contributed by atoms with van der Waals surface area (Å²) < 4.78 is 0. The van der Waals surface area contributed by atoms with Gasteiger partial charge in [0.1, 0.15) is 5.69 Å². The van der Waals surface area contributed by atoms with Crippen LogP contribution >= 0.6 is 11.3 Å². The fourth-order valence-corrected chi connectivity index (χ4v) is 3.14. The lowest BCUT2D eigenvalue weighted by atomic mass is 10.1. The first-order valence-corrected chi connectivity index (χ1v) is 9.69. The maximum absolute atomic E-state index is 12.2. The third kappa shape index (κ3) is 5.55. The van der Waals surface area contributed by atoms with Gasteiger partial charge in [0.15, 0.2) is 0 Å². The number of benzene rings is 1. The largest absolute Gasteiger partial charge is 0.396 e. The van der Waals surface area contributed by atoms with Gasteiger partial charge in [0.25, 0.3) is 5.91 Å². The minimum absolute atomic E-state index is 0.245. The van der Waals surface area contributed by atoms with Crippen LogP contribution in [0.1, 0.15) is 21.6 Å². The first kappa shape index (κ1) is 19.4. The number of thiophene rings is 1. The van der Waals surface area contributed by atoms with Gasteiger partial charge in [-0.2, -0.15) is 0 Å². The number of urea groups is 1. The average molecular weight is 395 g/mol. The first-order chi connectivity index (χ1) is 13.6. The summed E-state index contributed by atoms with van der Waals surface area (Å²) in [6, 6.07) is 13.1. The van der Waals surface area contributed by atoms with Gasteiger partial charge in [-0.1, -0.05) is 36.4 Å². The summed E-state index contributed by atoms with van der Waals surface area (Å²) in [5.41, 5.74) is 9.11. The van der Waals surface area contributed by atoms with Crippen LogP contribution in [0.15, 0.2) is 59.4 Å². The molecule has 0 spiro atoms. The number of nitrogens with two attached hydrogens (primary N) is 1. The highest BCUT2D eigenvalue weighted by molar-refractivity contribution is 7.09. The van der Waals surface area contributed by atoms with E-state index in [4.69, 9.17) is 5.73 Å². The van der Waals surface area contributed by atoms with E-state index in [0.29, 0.717) is 24.5 Å². The minimum Gasteiger partial charge on any atom is -0.396 e. The van der Waals surface area contributed by atoms with Crippen LogP contribution < -0.4 is 21.7 Å². The number of carbonyl (C=O) groups excluding carboxylic acids is 2. The molecular formula is C20H21N5O2S. The highest BCUT2D eigenvalue weighted by Gasteiger charge is 2.10. The lowest BCUT2D eigenvalue weighted by molar-refractivity contribution is 0.102. The van der Waals surface area contributed by atoms with E-state index in [2.05, 4.69) is 20.9 Å². The Morgan fingerprint density at radius 2 is 1.82 bits per heavy atom. The smallest absolute Gasteiger partial charge is 0.315 e. The zero-order valence-electron chi connectivity index (χ0n) is 15.1. The second-order valence-corrected chi connectivity index (χ2v) is 6.84. The van der Waals surface area contributed by atoms with Crippen molar-refractivity contribution in [3.63, 3.8) is 0 Å². The first-order valence-electron chi connectivity index (χ1n) is 8.75. The monoisotopic (exact) mass is 395 g/mol. The normalized spacial score (nSPS) is 10.3. The van der Waals surface area contributed by atoms with Crippen molar-refractivity contribution in [1.82, 2.24) is 15.6 Å². The molecule has 3 rings (SSSR count). The number of amides is 3. The molecule has 0 saturated carbocycles. The molecule has 0 aliphatic rings. The minimum atomic E-state index is -0.330. The molecule has 0 aliphatic carbocycles. The summed E-state index contributed by atoms with van der Waals surface area (Å²) in [7, 11) is 0. The maximum Gasteiger partial charge on any atom is 0.315 e. The number of nitrogens with one attached hydrogen (secondary N) is 3. The molecule has 0 saturated heterocycles.